The second kappa shape index (κ2) is 12.9. The van der Waals surface area contributed by atoms with Gasteiger partial charge in [-0.15, -0.1) is 0 Å². The number of nitrogens with one attached hydrogen (secondary N) is 1. The molecule has 0 fully saturated rings. The number of rotatable bonds is 10. The molecule has 0 atom stereocenters. The van der Waals surface area contributed by atoms with E-state index in [1.807, 2.05) is 71.4 Å². The van der Waals surface area contributed by atoms with Gasteiger partial charge in [0.1, 0.15) is 5.52 Å². The lowest BCUT2D eigenvalue weighted by Gasteiger charge is -2.17. The van der Waals surface area contributed by atoms with Gasteiger partial charge in [0.05, 0.1) is 31.9 Å². The molecule has 9 heteroatoms. The summed E-state index contributed by atoms with van der Waals surface area (Å²) >= 11 is 0. The molecule has 0 aliphatic heterocycles. The van der Waals surface area contributed by atoms with Gasteiger partial charge in [0, 0.05) is 30.6 Å². The third kappa shape index (κ3) is 6.22. The number of hydrogen-bond donors (Lipinski definition) is 1. The second-order valence-corrected chi connectivity index (χ2v) is 9.04. The Morgan fingerprint density at radius 1 is 0.833 bits per heavy atom. The van der Waals surface area contributed by atoms with E-state index < -0.39 is 0 Å². The first-order chi connectivity index (χ1) is 20.6. The van der Waals surface area contributed by atoms with Gasteiger partial charge in [0.15, 0.2) is 11.5 Å². The van der Waals surface area contributed by atoms with Crippen molar-refractivity contribution in [2.75, 3.05) is 19.5 Å². The highest BCUT2D eigenvalue weighted by Crippen LogP contribution is 2.43. The Bertz CT molecular complexity index is 1820. The molecule has 0 radical (unpaired) electrons. The molecule has 0 saturated carbocycles. The third-order valence-electron chi connectivity index (χ3n) is 6.32. The smallest absolute Gasteiger partial charge is 0.249 e. The third-order valence-corrected chi connectivity index (χ3v) is 6.32. The van der Waals surface area contributed by atoms with Crippen molar-refractivity contribution >= 4 is 34.8 Å². The van der Waals surface area contributed by atoms with Crippen molar-refractivity contribution in [2.45, 2.75) is 6.54 Å². The molecule has 42 heavy (non-hydrogen) atoms. The van der Waals surface area contributed by atoms with Crippen LogP contribution >= 0.6 is 0 Å². The van der Waals surface area contributed by atoms with Crippen molar-refractivity contribution in [1.82, 2.24) is 14.5 Å². The van der Waals surface area contributed by atoms with Crippen LogP contribution in [0.1, 0.15) is 16.7 Å². The summed E-state index contributed by atoms with van der Waals surface area (Å²) in [5.41, 5.74) is 4.86. The number of methoxy groups -OCH3 is 2. The number of allylic oxidation sites excluding steroid dienone is 2. The van der Waals surface area contributed by atoms with Crippen LogP contribution in [0.25, 0.3) is 23.2 Å². The largest absolute Gasteiger partial charge is 0.493 e. The Hall–Kier alpha value is -6.06. The van der Waals surface area contributed by atoms with E-state index in [-0.39, 0.29) is 0 Å². The minimum absolute atomic E-state index is 0.300. The highest BCUT2D eigenvalue weighted by atomic mass is 16.5. The Kier molecular flexibility index (Phi) is 8.42. The summed E-state index contributed by atoms with van der Waals surface area (Å²) in [6.45, 7) is 0.584. The van der Waals surface area contributed by atoms with Gasteiger partial charge < -0.3 is 24.1 Å². The molecule has 0 aliphatic carbocycles. The number of nitriles is 2. The van der Waals surface area contributed by atoms with Crippen LogP contribution in [0.3, 0.4) is 0 Å². The topological polar surface area (TPSA) is 118 Å². The number of fused-ring (bicyclic) bond motifs is 1. The van der Waals surface area contributed by atoms with Crippen LogP contribution < -0.4 is 19.5 Å². The van der Waals surface area contributed by atoms with Crippen LogP contribution in [0.2, 0.25) is 0 Å². The van der Waals surface area contributed by atoms with Gasteiger partial charge in [0.2, 0.25) is 17.6 Å². The highest BCUT2D eigenvalue weighted by Gasteiger charge is 2.20. The molecule has 206 valence electrons. The van der Waals surface area contributed by atoms with E-state index in [9.17, 15) is 0 Å². The fourth-order valence-corrected chi connectivity index (χ4v) is 4.38. The Balaban J connectivity index is 1.59. The molecule has 1 N–H and O–H groups in total. The van der Waals surface area contributed by atoms with Crippen molar-refractivity contribution in [1.29, 1.82) is 10.5 Å². The summed E-state index contributed by atoms with van der Waals surface area (Å²) in [6.07, 6.45) is 8.15. The lowest BCUT2D eigenvalue weighted by atomic mass is 10.1. The van der Waals surface area contributed by atoms with Crippen LogP contribution in [0.15, 0.2) is 91.1 Å². The summed E-state index contributed by atoms with van der Waals surface area (Å²) in [7, 11) is 3.07. The molecular weight excluding hydrogens is 528 g/mol. The number of anilines is 2. The fraction of sp³-hybridized carbons (Fsp3) is 0.0909. The molecule has 0 spiro atoms. The molecule has 0 unspecified atom stereocenters. The van der Waals surface area contributed by atoms with Crippen LogP contribution in [0.5, 0.6) is 23.1 Å². The zero-order valence-electron chi connectivity index (χ0n) is 23.0. The minimum atomic E-state index is 0.300. The minimum Gasteiger partial charge on any atom is -0.493 e. The average Bonchev–Trinajstić information content (AvgIpc) is 3.42. The van der Waals surface area contributed by atoms with Crippen molar-refractivity contribution in [3.8, 4) is 35.3 Å². The average molecular weight is 555 g/mol. The highest BCUT2D eigenvalue weighted by molar-refractivity contribution is 5.83. The number of benzene rings is 3. The molecule has 3 aromatic carbocycles. The van der Waals surface area contributed by atoms with Gasteiger partial charge in [0.25, 0.3) is 0 Å². The van der Waals surface area contributed by atoms with Crippen LogP contribution in [-0.4, -0.2) is 28.8 Å². The maximum atomic E-state index is 8.96. The van der Waals surface area contributed by atoms with E-state index in [2.05, 4.69) is 17.4 Å². The molecule has 0 saturated heterocycles. The summed E-state index contributed by atoms with van der Waals surface area (Å²) in [5, 5.41) is 21.0. The van der Waals surface area contributed by atoms with E-state index in [4.69, 9.17) is 34.7 Å². The lowest BCUT2D eigenvalue weighted by molar-refractivity contribution is 0.343. The maximum Gasteiger partial charge on any atom is 0.249 e. The number of nitrogens with zero attached hydrogens (tertiary/aromatic N) is 5. The summed E-state index contributed by atoms with van der Waals surface area (Å²) in [4.78, 5) is 9.53. The van der Waals surface area contributed by atoms with Gasteiger partial charge in [-0.2, -0.15) is 15.5 Å². The first kappa shape index (κ1) is 27.5. The van der Waals surface area contributed by atoms with E-state index >= 15 is 0 Å². The number of hydrogen-bond acceptors (Lipinski definition) is 8. The Labute approximate surface area is 243 Å². The molecule has 0 amide bonds. The van der Waals surface area contributed by atoms with Gasteiger partial charge in [-0.3, -0.25) is 0 Å². The second-order valence-electron chi connectivity index (χ2n) is 9.04. The first-order valence-electron chi connectivity index (χ1n) is 13.0. The predicted octanol–water partition coefficient (Wildman–Crippen LogP) is 7.11. The van der Waals surface area contributed by atoms with Crippen molar-refractivity contribution in [3.05, 3.63) is 108 Å². The number of aromatic nitrogens is 3. The first-order valence-corrected chi connectivity index (χ1v) is 13.0. The summed E-state index contributed by atoms with van der Waals surface area (Å²) in [6, 6.07) is 27.0. The normalized spacial score (nSPS) is 11.0. The maximum absolute atomic E-state index is 8.96. The van der Waals surface area contributed by atoms with Gasteiger partial charge in [-0.1, -0.05) is 42.5 Å². The zero-order chi connectivity index (χ0) is 29.3. The quantitative estimate of drug-likeness (QED) is 0.182. The van der Waals surface area contributed by atoms with Crippen molar-refractivity contribution in [2.24, 2.45) is 0 Å². The van der Waals surface area contributed by atoms with Crippen LogP contribution in [0.4, 0.5) is 11.6 Å². The van der Waals surface area contributed by atoms with Crippen LogP contribution in [0, 0.1) is 22.7 Å². The Morgan fingerprint density at radius 2 is 1.50 bits per heavy atom. The van der Waals surface area contributed by atoms with Crippen molar-refractivity contribution in [3.63, 3.8) is 0 Å². The molecule has 5 rings (SSSR count). The van der Waals surface area contributed by atoms with Gasteiger partial charge >= 0.3 is 0 Å². The van der Waals surface area contributed by atoms with Crippen LogP contribution in [-0.2, 0) is 6.54 Å². The van der Waals surface area contributed by atoms with E-state index in [1.165, 1.54) is 26.4 Å². The fourth-order valence-electron chi connectivity index (χ4n) is 4.38. The van der Waals surface area contributed by atoms with Crippen molar-refractivity contribution < 1.29 is 14.2 Å². The zero-order valence-corrected chi connectivity index (χ0v) is 23.0. The lowest BCUT2D eigenvalue weighted by Crippen LogP contribution is -2.05. The molecule has 0 aliphatic rings. The summed E-state index contributed by atoms with van der Waals surface area (Å²) in [5.74, 6) is 1.79. The molecule has 9 nitrogen and oxygen atoms in total. The molecule has 0 bridgehead atoms. The molecule has 2 aromatic heterocycles. The van der Waals surface area contributed by atoms with Gasteiger partial charge in [-0.25, -0.2) is 4.98 Å². The molecule has 5 aromatic rings. The van der Waals surface area contributed by atoms with E-state index in [0.717, 1.165) is 16.8 Å². The monoisotopic (exact) mass is 554 g/mol. The summed E-state index contributed by atoms with van der Waals surface area (Å²) < 4.78 is 19.8. The Morgan fingerprint density at radius 3 is 2.14 bits per heavy atom. The molecule has 2 heterocycles. The van der Waals surface area contributed by atoms with E-state index in [0.29, 0.717) is 52.2 Å². The molecular formula is C33H26N6O3. The predicted molar refractivity (Wildman–Crippen MR) is 162 cm³/mol. The van der Waals surface area contributed by atoms with Gasteiger partial charge in [-0.05, 0) is 59.2 Å². The standard InChI is InChI=1S/C33H26N6O3/c1-40-28-20-25(11-7-18-35)21-29(41-2)31(28)42-32-30-27(16-19-39(30)22-24-8-4-3-5-9-24)37-33(38-32)36-26-14-12-23(13-15-26)10-6-17-34/h3-16,19-21H,22H2,1-2H3,(H,36,37,38)/b10-6+,11-7+. The SMILES string of the molecule is COc1cc(/C=C/C#N)cc(OC)c1Oc1nc(Nc2ccc(/C=C/C#N)cc2)nc2ccn(Cc3ccccc3)c12. The van der Waals surface area contributed by atoms with E-state index in [1.54, 1.807) is 24.3 Å². The number of ether oxygens (including phenoxy) is 3.